The number of tetrazole rings is 1. The average molecular weight is 381 g/mol. The van der Waals surface area contributed by atoms with E-state index in [1.807, 2.05) is 54.6 Å². The average Bonchev–Trinajstić information content (AvgIpc) is 3.15. The van der Waals surface area contributed by atoms with Crippen molar-refractivity contribution in [3.63, 3.8) is 0 Å². The summed E-state index contributed by atoms with van der Waals surface area (Å²) in [5.41, 5.74) is 0.813. The van der Waals surface area contributed by atoms with Crippen LogP contribution in [0.1, 0.15) is 0 Å². The van der Waals surface area contributed by atoms with Crippen LogP contribution in [0, 0.1) is 0 Å². The van der Waals surface area contributed by atoms with E-state index in [1.165, 1.54) is 4.80 Å². The highest BCUT2D eigenvalue weighted by atomic mass is 35.5. The Hall–Kier alpha value is -2.96. The van der Waals surface area contributed by atoms with Gasteiger partial charge in [-0.25, -0.2) is 0 Å². The van der Waals surface area contributed by atoms with E-state index in [9.17, 15) is 5.11 Å². The molecule has 1 heterocycles. The Morgan fingerprint density at radius 3 is 2.59 bits per heavy atom. The minimum atomic E-state index is -0.760. The van der Waals surface area contributed by atoms with Crippen LogP contribution in [-0.4, -0.2) is 38.0 Å². The summed E-state index contributed by atoms with van der Waals surface area (Å²) in [5.74, 6) is 1.19. The molecule has 0 bridgehead atoms. The standard InChI is InChI=1S/C20H17ClN4O2/c21-17-8-5-15(6-9-17)20-22-24-25(23-20)12-18(26)13-27-19-10-7-14-3-1-2-4-16(14)11-19/h1-11,18,26H,12-13H2. The largest absolute Gasteiger partial charge is 0.491 e. The fraction of sp³-hybridized carbons (Fsp3) is 0.150. The number of hydrogen-bond donors (Lipinski definition) is 1. The zero-order valence-corrected chi connectivity index (χ0v) is 15.1. The lowest BCUT2D eigenvalue weighted by Gasteiger charge is -2.12. The van der Waals surface area contributed by atoms with Gasteiger partial charge < -0.3 is 9.84 Å². The zero-order valence-electron chi connectivity index (χ0n) is 14.4. The first kappa shape index (κ1) is 17.5. The van der Waals surface area contributed by atoms with E-state index >= 15 is 0 Å². The van der Waals surface area contributed by atoms with Crippen molar-refractivity contribution in [1.29, 1.82) is 0 Å². The van der Waals surface area contributed by atoms with E-state index in [4.69, 9.17) is 16.3 Å². The molecule has 3 aromatic carbocycles. The van der Waals surface area contributed by atoms with Gasteiger partial charge in [-0.05, 0) is 52.4 Å². The molecule has 0 amide bonds. The maximum absolute atomic E-state index is 10.2. The molecule has 4 aromatic rings. The van der Waals surface area contributed by atoms with Crippen molar-refractivity contribution in [1.82, 2.24) is 20.2 Å². The molecule has 0 radical (unpaired) electrons. The van der Waals surface area contributed by atoms with Gasteiger partial charge in [0.1, 0.15) is 18.5 Å². The van der Waals surface area contributed by atoms with Gasteiger partial charge in [-0.3, -0.25) is 0 Å². The van der Waals surface area contributed by atoms with Crippen molar-refractivity contribution >= 4 is 22.4 Å². The Bertz CT molecular complexity index is 1050. The number of nitrogens with zero attached hydrogens (tertiary/aromatic N) is 4. The Labute approximate surface area is 161 Å². The van der Waals surface area contributed by atoms with Crippen molar-refractivity contribution in [2.45, 2.75) is 12.6 Å². The van der Waals surface area contributed by atoms with E-state index in [0.29, 0.717) is 16.6 Å². The molecule has 0 aliphatic carbocycles. The third-order valence-electron chi connectivity index (χ3n) is 4.09. The Morgan fingerprint density at radius 1 is 1.00 bits per heavy atom. The molecule has 0 saturated heterocycles. The van der Waals surface area contributed by atoms with E-state index in [1.54, 1.807) is 12.1 Å². The number of aliphatic hydroxyl groups is 1. The molecule has 0 spiro atoms. The maximum Gasteiger partial charge on any atom is 0.204 e. The topological polar surface area (TPSA) is 73.1 Å². The van der Waals surface area contributed by atoms with Gasteiger partial charge in [0.05, 0.1) is 6.54 Å². The van der Waals surface area contributed by atoms with Gasteiger partial charge in [0, 0.05) is 10.6 Å². The van der Waals surface area contributed by atoms with Crippen LogP contribution in [0.2, 0.25) is 5.02 Å². The van der Waals surface area contributed by atoms with Crippen LogP contribution in [0.3, 0.4) is 0 Å². The number of hydrogen-bond acceptors (Lipinski definition) is 5. The number of aromatic nitrogens is 4. The van der Waals surface area contributed by atoms with Gasteiger partial charge in [-0.2, -0.15) is 4.80 Å². The highest BCUT2D eigenvalue weighted by molar-refractivity contribution is 6.30. The molecule has 0 fully saturated rings. The summed E-state index contributed by atoms with van der Waals surface area (Å²) in [6.07, 6.45) is -0.760. The second-order valence-corrected chi connectivity index (χ2v) is 6.59. The monoisotopic (exact) mass is 380 g/mol. The number of ether oxygens (including phenoxy) is 1. The first-order valence-electron chi connectivity index (χ1n) is 8.51. The van der Waals surface area contributed by atoms with E-state index < -0.39 is 6.10 Å². The summed E-state index contributed by atoms with van der Waals surface area (Å²) < 4.78 is 5.70. The minimum absolute atomic E-state index is 0.135. The summed E-state index contributed by atoms with van der Waals surface area (Å²) in [4.78, 5) is 1.36. The van der Waals surface area contributed by atoms with E-state index in [2.05, 4.69) is 15.4 Å². The van der Waals surface area contributed by atoms with Gasteiger partial charge in [0.25, 0.3) is 0 Å². The lowest BCUT2D eigenvalue weighted by atomic mass is 10.1. The number of rotatable bonds is 6. The van der Waals surface area contributed by atoms with Crippen LogP contribution in [0.25, 0.3) is 22.2 Å². The molecular formula is C20H17ClN4O2. The van der Waals surface area contributed by atoms with Crippen LogP contribution >= 0.6 is 11.6 Å². The van der Waals surface area contributed by atoms with Gasteiger partial charge in [-0.1, -0.05) is 41.9 Å². The predicted molar refractivity (Wildman–Crippen MR) is 104 cm³/mol. The van der Waals surface area contributed by atoms with Crippen molar-refractivity contribution in [3.05, 3.63) is 71.8 Å². The van der Waals surface area contributed by atoms with Crippen LogP contribution < -0.4 is 4.74 Å². The lowest BCUT2D eigenvalue weighted by Crippen LogP contribution is -2.24. The second-order valence-electron chi connectivity index (χ2n) is 6.15. The molecule has 1 aromatic heterocycles. The lowest BCUT2D eigenvalue weighted by molar-refractivity contribution is 0.0850. The minimum Gasteiger partial charge on any atom is -0.491 e. The summed E-state index contributed by atoms with van der Waals surface area (Å²) in [6, 6.07) is 21.1. The molecule has 0 aliphatic rings. The van der Waals surface area contributed by atoms with Gasteiger partial charge in [0.15, 0.2) is 0 Å². The van der Waals surface area contributed by atoms with Crippen molar-refractivity contribution in [2.75, 3.05) is 6.61 Å². The van der Waals surface area contributed by atoms with E-state index in [-0.39, 0.29) is 13.2 Å². The molecule has 0 saturated carbocycles. The number of aliphatic hydroxyl groups excluding tert-OH is 1. The van der Waals surface area contributed by atoms with Crippen molar-refractivity contribution in [2.24, 2.45) is 0 Å². The Kier molecular flexibility index (Phi) is 5.00. The number of halogens is 1. The fourth-order valence-corrected chi connectivity index (χ4v) is 2.85. The smallest absolute Gasteiger partial charge is 0.204 e. The third kappa shape index (κ3) is 4.24. The molecular weight excluding hydrogens is 364 g/mol. The Morgan fingerprint density at radius 2 is 1.78 bits per heavy atom. The molecule has 6 nitrogen and oxygen atoms in total. The molecule has 0 aliphatic heterocycles. The normalized spacial score (nSPS) is 12.2. The zero-order chi connectivity index (χ0) is 18.6. The maximum atomic E-state index is 10.2. The number of fused-ring (bicyclic) bond motifs is 1. The molecule has 4 rings (SSSR count). The molecule has 1 atom stereocenters. The van der Waals surface area contributed by atoms with Gasteiger partial charge in [-0.15, -0.1) is 10.2 Å². The van der Waals surface area contributed by atoms with Crippen LogP contribution in [-0.2, 0) is 6.54 Å². The van der Waals surface area contributed by atoms with Gasteiger partial charge in [0.2, 0.25) is 5.82 Å². The SMILES string of the molecule is OC(COc1ccc2ccccc2c1)Cn1nnc(-c2ccc(Cl)cc2)n1. The predicted octanol–water partition coefficient (Wildman–Crippen LogP) is 3.59. The third-order valence-corrected chi connectivity index (χ3v) is 4.34. The van der Waals surface area contributed by atoms with Crippen LogP contribution in [0.4, 0.5) is 0 Å². The molecule has 1 N–H and O–H groups in total. The second kappa shape index (κ2) is 7.73. The quantitative estimate of drug-likeness (QED) is 0.553. The summed E-state index contributed by atoms with van der Waals surface area (Å²) in [6.45, 7) is 0.324. The summed E-state index contributed by atoms with van der Waals surface area (Å²) in [7, 11) is 0. The van der Waals surface area contributed by atoms with Crippen LogP contribution in [0.15, 0.2) is 66.7 Å². The van der Waals surface area contributed by atoms with E-state index in [0.717, 1.165) is 16.3 Å². The Balaban J connectivity index is 1.36. The highest BCUT2D eigenvalue weighted by Crippen LogP contribution is 2.21. The first-order chi connectivity index (χ1) is 13.2. The molecule has 1 unspecified atom stereocenters. The molecule has 136 valence electrons. The number of benzene rings is 3. The summed E-state index contributed by atoms with van der Waals surface area (Å²) >= 11 is 5.88. The fourth-order valence-electron chi connectivity index (χ4n) is 2.73. The molecule has 7 heteroatoms. The van der Waals surface area contributed by atoms with Crippen molar-refractivity contribution in [3.8, 4) is 17.1 Å². The highest BCUT2D eigenvalue weighted by Gasteiger charge is 2.11. The summed E-state index contributed by atoms with van der Waals surface area (Å²) in [5, 5.41) is 25.4. The first-order valence-corrected chi connectivity index (χ1v) is 8.88. The van der Waals surface area contributed by atoms with Crippen molar-refractivity contribution < 1.29 is 9.84 Å². The van der Waals surface area contributed by atoms with Gasteiger partial charge >= 0.3 is 0 Å². The van der Waals surface area contributed by atoms with Crippen LogP contribution in [0.5, 0.6) is 5.75 Å². The molecule has 27 heavy (non-hydrogen) atoms.